The van der Waals surface area contributed by atoms with Gasteiger partial charge in [0.15, 0.2) is 17.9 Å². The second-order valence-corrected chi connectivity index (χ2v) is 18.2. The smallest absolute Gasteiger partial charge is 0.308 e. The second-order valence-electron chi connectivity index (χ2n) is 18.2. The van der Waals surface area contributed by atoms with Gasteiger partial charge in [-0.2, -0.15) is 0 Å². The highest BCUT2D eigenvalue weighted by Crippen LogP contribution is 2.49. The van der Waals surface area contributed by atoms with Crippen molar-refractivity contribution in [3.63, 3.8) is 0 Å². The summed E-state index contributed by atoms with van der Waals surface area (Å²) in [5.74, 6) is 2.20. The molecule has 9 N–H and O–H groups in total. The van der Waals surface area contributed by atoms with Crippen LogP contribution in [0.3, 0.4) is 0 Å². The normalized spacial score (nSPS) is 24.5. The number of nitrogens with two attached hydrogens (primary N) is 1. The van der Waals surface area contributed by atoms with Gasteiger partial charge < -0.3 is 55.7 Å². The van der Waals surface area contributed by atoms with Gasteiger partial charge in [-0.3, -0.25) is 19.2 Å². The molecule has 4 bridgehead atoms. The molecule has 0 amide bonds. The van der Waals surface area contributed by atoms with Gasteiger partial charge in [0, 0.05) is 58.7 Å². The van der Waals surface area contributed by atoms with Crippen LogP contribution in [0.4, 0.5) is 0 Å². The predicted octanol–water partition coefficient (Wildman–Crippen LogP) is 4.09. The maximum Gasteiger partial charge on any atom is 0.308 e. The molecule has 4 aliphatic rings. The van der Waals surface area contributed by atoms with E-state index in [1.54, 1.807) is 36.4 Å². The number of aliphatic hydroxyl groups is 6. The molecule has 4 aromatic rings. The molecule has 7 atom stereocenters. The molecule has 0 radical (unpaired) electrons. The number of carbonyl (C=O) groups excluding carboxylic acids is 4. The van der Waals surface area contributed by atoms with Gasteiger partial charge in [0.2, 0.25) is 6.29 Å². The van der Waals surface area contributed by atoms with E-state index >= 15 is 9.59 Å². The third kappa shape index (κ3) is 9.26. The molecule has 68 heavy (non-hydrogen) atoms. The molecule has 0 spiro atoms. The summed E-state index contributed by atoms with van der Waals surface area (Å²) in [5, 5.41) is 79.3. The van der Waals surface area contributed by atoms with Crippen molar-refractivity contribution in [3.8, 4) is 29.1 Å². The summed E-state index contributed by atoms with van der Waals surface area (Å²) in [5.41, 5.74) is 5.53. The lowest BCUT2D eigenvalue weighted by atomic mass is 9.74. The Morgan fingerprint density at radius 1 is 0.912 bits per heavy atom. The SMILES string of the molecule is CC(=O)Oc1cc(CO)c2c3c1C=Cc1cccc(c1)CC(O)CCC(N)C#CCc1c(OC4OC(C)C(O)C(O)C4O)c(Cc4cccc(C5(O)CCCCC5)c4C=O)c(O)c(c1C3=O)C2=O. The van der Waals surface area contributed by atoms with Crippen LogP contribution in [-0.4, -0.2) is 102 Å². The predicted molar refractivity (Wildman–Crippen MR) is 247 cm³/mol. The summed E-state index contributed by atoms with van der Waals surface area (Å²) < 4.78 is 18.0. The largest absolute Gasteiger partial charge is 0.507 e. The van der Waals surface area contributed by atoms with Crippen LogP contribution in [0.5, 0.6) is 17.2 Å². The van der Waals surface area contributed by atoms with E-state index in [0.29, 0.717) is 30.3 Å². The van der Waals surface area contributed by atoms with E-state index < -0.39 is 95.9 Å². The second kappa shape index (κ2) is 19.9. The van der Waals surface area contributed by atoms with E-state index in [1.807, 2.05) is 12.1 Å². The van der Waals surface area contributed by atoms with E-state index in [2.05, 4.69) is 11.8 Å². The van der Waals surface area contributed by atoms with Crippen molar-refractivity contribution in [2.24, 2.45) is 5.73 Å². The maximum atomic E-state index is 15.6. The average Bonchev–Trinajstić information content (AvgIpc) is 3.31. The lowest BCUT2D eigenvalue weighted by Crippen LogP contribution is -2.58. The van der Waals surface area contributed by atoms with Crippen molar-refractivity contribution in [1.29, 1.82) is 0 Å². The van der Waals surface area contributed by atoms with Gasteiger partial charge in [-0.25, -0.2) is 0 Å². The zero-order chi connectivity index (χ0) is 48.6. The van der Waals surface area contributed by atoms with E-state index in [1.165, 1.54) is 19.1 Å². The monoisotopic (exact) mass is 929 g/mol. The number of esters is 1. The molecular weight excluding hydrogens is 875 g/mol. The van der Waals surface area contributed by atoms with Gasteiger partial charge in [0.25, 0.3) is 0 Å². The number of fused-ring (bicyclic) bond motifs is 2. The Morgan fingerprint density at radius 2 is 1.65 bits per heavy atom. The lowest BCUT2D eigenvalue weighted by Gasteiger charge is -2.39. The van der Waals surface area contributed by atoms with Crippen molar-refractivity contribution < 1.29 is 69.1 Å². The number of benzene rings is 4. The number of aliphatic hydroxyl groups excluding tert-OH is 5. The van der Waals surface area contributed by atoms with Crippen molar-refractivity contribution in [2.75, 3.05) is 0 Å². The molecular formula is C53H55NO14. The van der Waals surface area contributed by atoms with Gasteiger partial charge >= 0.3 is 5.97 Å². The molecule has 4 aromatic carbocycles. The highest BCUT2D eigenvalue weighted by atomic mass is 16.7. The van der Waals surface area contributed by atoms with Crippen LogP contribution in [0.15, 0.2) is 48.5 Å². The zero-order valence-corrected chi connectivity index (χ0v) is 37.7. The topological polar surface area (TPSA) is 264 Å². The van der Waals surface area contributed by atoms with E-state index in [0.717, 1.165) is 31.7 Å². The standard InChI is InChI=1S/C53H55NO14/c1-27-45(59)49(63)50(64)52(66-27)68-51-36-13-8-12-33(54)16-17-34(58)22-30-10-6-9-29(21-30)15-18-35-40(67-28(2)57)24-32(25-55)41-42(35)48(62)43(36)44(47(41)61)46(60)37(51)23-31-11-7-14-39(38(31)26-56)53(65)19-4-3-5-20-53/h6-7,9-11,14-15,18,21,24,26-27,33-34,45,49-50,52,55,58-60,63-65H,3-5,13,16-17,19-20,22-23,25,54H2,1-2H3. The fourth-order valence-electron chi connectivity index (χ4n) is 10.00. The van der Waals surface area contributed by atoms with Crippen molar-refractivity contribution in [3.05, 3.63) is 121 Å². The number of ketones is 2. The van der Waals surface area contributed by atoms with Crippen LogP contribution >= 0.6 is 0 Å². The Balaban J connectivity index is 1.43. The third-order valence-corrected chi connectivity index (χ3v) is 13.5. The first-order valence-corrected chi connectivity index (χ1v) is 22.9. The van der Waals surface area contributed by atoms with Crippen LogP contribution in [0.2, 0.25) is 0 Å². The zero-order valence-electron chi connectivity index (χ0n) is 37.7. The Labute approximate surface area is 392 Å². The molecule has 15 nitrogen and oxygen atoms in total. The Kier molecular flexibility index (Phi) is 14.2. The number of carbonyl (C=O) groups is 4. The fourth-order valence-corrected chi connectivity index (χ4v) is 10.00. The average molecular weight is 930 g/mol. The molecule has 1 aliphatic heterocycles. The number of aldehydes is 1. The minimum Gasteiger partial charge on any atom is -0.507 e. The maximum absolute atomic E-state index is 15.6. The van der Waals surface area contributed by atoms with Crippen molar-refractivity contribution >= 4 is 36.0 Å². The molecule has 3 aliphatic carbocycles. The molecule has 15 heteroatoms. The van der Waals surface area contributed by atoms with Gasteiger partial charge in [-0.05, 0) is 79.0 Å². The molecule has 1 saturated carbocycles. The fraction of sp³-hybridized carbons (Fsp3) is 0.396. The number of phenols is 1. The lowest BCUT2D eigenvalue weighted by molar-refractivity contribution is -0.268. The number of hydrogen-bond donors (Lipinski definition) is 8. The van der Waals surface area contributed by atoms with Gasteiger partial charge in [-0.15, -0.1) is 0 Å². The summed E-state index contributed by atoms with van der Waals surface area (Å²) in [4.78, 5) is 56.7. The Bertz CT molecular complexity index is 2760. The summed E-state index contributed by atoms with van der Waals surface area (Å²) in [6, 6.07) is 12.6. The van der Waals surface area contributed by atoms with Gasteiger partial charge in [-0.1, -0.05) is 79.6 Å². The summed E-state index contributed by atoms with van der Waals surface area (Å²) in [7, 11) is 0. The third-order valence-electron chi connectivity index (χ3n) is 13.5. The molecule has 1 saturated heterocycles. The number of rotatable bonds is 8. The molecule has 356 valence electrons. The number of phenolic OH excluding ortho intramolecular Hbond substituents is 1. The number of aromatic hydroxyl groups is 1. The van der Waals surface area contributed by atoms with Crippen molar-refractivity contribution in [1.82, 2.24) is 0 Å². The summed E-state index contributed by atoms with van der Waals surface area (Å²) in [6.45, 7) is 1.79. The highest BCUT2D eigenvalue weighted by molar-refractivity contribution is 6.32. The minimum atomic E-state index is -1.90. The molecule has 7 unspecified atom stereocenters. The van der Waals surface area contributed by atoms with Gasteiger partial charge in [0.1, 0.15) is 35.6 Å². The molecule has 2 fully saturated rings. The van der Waals surface area contributed by atoms with E-state index in [9.17, 15) is 45.3 Å². The number of hydrogen-bond acceptors (Lipinski definition) is 15. The molecule has 1 heterocycles. The van der Waals surface area contributed by atoms with Crippen LogP contribution in [0.25, 0.3) is 12.2 Å². The molecule has 0 aromatic heterocycles. The summed E-state index contributed by atoms with van der Waals surface area (Å²) >= 11 is 0. The quantitative estimate of drug-likeness (QED) is 0.0472. The van der Waals surface area contributed by atoms with Gasteiger partial charge in [0.05, 0.1) is 36.0 Å². The first-order valence-electron chi connectivity index (χ1n) is 22.9. The van der Waals surface area contributed by atoms with Crippen LogP contribution in [-0.2, 0) is 41.0 Å². The van der Waals surface area contributed by atoms with E-state index in [4.69, 9.17) is 19.9 Å². The highest BCUT2D eigenvalue weighted by Gasteiger charge is 2.46. The minimum absolute atomic E-state index is 0.0156. The Hall–Kier alpha value is -6.06. The number of ether oxygens (including phenoxy) is 3. The van der Waals surface area contributed by atoms with Crippen molar-refractivity contribution in [2.45, 2.75) is 133 Å². The van der Waals surface area contributed by atoms with Crippen LogP contribution < -0.4 is 15.2 Å². The van der Waals surface area contributed by atoms with E-state index in [-0.39, 0.29) is 81.7 Å². The molecule has 8 rings (SSSR count). The first kappa shape index (κ1) is 48.4. The Morgan fingerprint density at radius 3 is 2.37 bits per heavy atom. The summed E-state index contributed by atoms with van der Waals surface area (Å²) in [6.07, 6.45) is -1.91. The van der Waals surface area contributed by atoms with Crippen LogP contribution in [0.1, 0.15) is 146 Å². The van der Waals surface area contributed by atoms with Crippen LogP contribution in [0, 0.1) is 11.8 Å². The first-order chi connectivity index (χ1) is 32.5.